The molecule has 0 bridgehead atoms. The van der Waals surface area contributed by atoms with Gasteiger partial charge in [0.05, 0.1) is 20.1 Å². The van der Waals surface area contributed by atoms with Crippen molar-refractivity contribution in [1.82, 2.24) is 4.90 Å². The van der Waals surface area contributed by atoms with E-state index in [0.29, 0.717) is 0 Å². The number of nitrogens with zero attached hydrogens (tertiary/aromatic N) is 1. The molecule has 0 spiro atoms. The summed E-state index contributed by atoms with van der Waals surface area (Å²) in [5.74, 6) is -2.19. The van der Waals surface area contributed by atoms with E-state index >= 15 is 0 Å². The fraction of sp³-hybridized carbons (Fsp3) is 0.700. The van der Waals surface area contributed by atoms with E-state index in [0.717, 1.165) is 0 Å². The summed E-state index contributed by atoms with van der Waals surface area (Å²) in [4.78, 5) is 34.1. The number of aliphatic carboxylic acids is 1. The lowest BCUT2D eigenvalue weighted by molar-refractivity contribution is -0.145. The summed E-state index contributed by atoms with van der Waals surface area (Å²) in [7, 11) is 2.72. The highest BCUT2D eigenvalue weighted by Gasteiger charge is 2.17. The molecule has 1 N–H and O–H groups in total. The molecule has 0 fully saturated rings. The minimum absolute atomic E-state index is 0.0333. The molecule has 0 radical (unpaired) electrons. The molecule has 0 saturated heterocycles. The largest absolute Gasteiger partial charge is 0.481 e. The monoisotopic (exact) mass is 247 g/mol. The minimum atomic E-state index is -1.20. The molecule has 0 aliphatic heterocycles. The Kier molecular flexibility index (Phi) is 7.70. The Morgan fingerprint density at radius 2 is 1.82 bits per heavy atom. The van der Waals surface area contributed by atoms with Crippen LogP contribution in [0.4, 0.5) is 0 Å². The summed E-state index contributed by atoms with van der Waals surface area (Å²) >= 11 is 0. The van der Waals surface area contributed by atoms with Gasteiger partial charge in [0.1, 0.15) is 6.42 Å². The van der Waals surface area contributed by atoms with Crippen molar-refractivity contribution in [3.63, 3.8) is 0 Å². The Morgan fingerprint density at radius 3 is 2.29 bits per heavy atom. The summed E-state index contributed by atoms with van der Waals surface area (Å²) in [6, 6.07) is 0. The van der Waals surface area contributed by atoms with E-state index in [1.54, 1.807) is 0 Å². The minimum Gasteiger partial charge on any atom is -0.481 e. The van der Waals surface area contributed by atoms with Gasteiger partial charge in [-0.3, -0.25) is 14.4 Å². The molecular weight excluding hydrogens is 230 g/mol. The number of carboxylic acid groups (broad SMARTS) is 1. The van der Waals surface area contributed by atoms with Gasteiger partial charge < -0.3 is 19.5 Å². The molecule has 7 heteroatoms. The lowest BCUT2D eigenvalue weighted by Gasteiger charge is -2.21. The number of ether oxygens (including phenoxy) is 2. The zero-order valence-electron chi connectivity index (χ0n) is 9.97. The van der Waals surface area contributed by atoms with E-state index in [4.69, 9.17) is 9.84 Å². The molecule has 1 amide bonds. The lowest BCUT2D eigenvalue weighted by atomic mass is 10.3. The maximum atomic E-state index is 11.5. The molecule has 0 aromatic carbocycles. The van der Waals surface area contributed by atoms with Crippen LogP contribution in [0, 0.1) is 0 Å². The van der Waals surface area contributed by atoms with Gasteiger partial charge in [0.25, 0.3) is 0 Å². The molecule has 0 heterocycles. The Hall–Kier alpha value is -1.63. The quantitative estimate of drug-likeness (QED) is 0.459. The highest BCUT2D eigenvalue weighted by molar-refractivity contribution is 5.93. The second-order valence-electron chi connectivity index (χ2n) is 3.27. The van der Waals surface area contributed by atoms with Gasteiger partial charge in [-0.25, -0.2) is 0 Å². The van der Waals surface area contributed by atoms with Gasteiger partial charge >= 0.3 is 11.9 Å². The Morgan fingerprint density at radius 1 is 1.18 bits per heavy atom. The summed E-state index contributed by atoms with van der Waals surface area (Å²) in [6.45, 7) is 0.661. The number of carboxylic acids is 1. The molecule has 0 aromatic rings. The molecule has 98 valence electrons. The first-order valence-corrected chi connectivity index (χ1v) is 5.06. The predicted octanol–water partition coefficient (Wildman–Crippen LogP) is -0.501. The van der Waals surface area contributed by atoms with Crippen LogP contribution >= 0.6 is 0 Å². The molecule has 0 atom stereocenters. The third-order valence-corrected chi connectivity index (χ3v) is 2.03. The number of methoxy groups -OCH3 is 2. The second kappa shape index (κ2) is 8.51. The van der Waals surface area contributed by atoms with Crippen LogP contribution in [0.2, 0.25) is 0 Å². The number of carbonyl (C=O) groups excluding carboxylic acids is 2. The zero-order valence-corrected chi connectivity index (χ0v) is 9.97. The van der Waals surface area contributed by atoms with Crippen LogP contribution < -0.4 is 0 Å². The maximum Gasteiger partial charge on any atom is 0.312 e. The predicted molar refractivity (Wildman–Crippen MR) is 57.3 cm³/mol. The third-order valence-electron chi connectivity index (χ3n) is 2.03. The van der Waals surface area contributed by atoms with E-state index in [9.17, 15) is 14.4 Å². The van der Waals surface area contributed by atoms with Crippen molar-refractivity contribution in [1.29, 1.82) is 0 Å². The van der Waals surface area contributed by atoms with E-state index in [2.05, 4.69) is 4.74 Å². The van der Waals surface area contributed by atoms with Gasteiger partial charge in [0.15, 0.2) is 0 Å². The summed E-state index contributed by atoms with van der Waals surface area (Å²) in [5, 5.41) is 8.51. The van der Waals surface area contributed by atoms with E-state index < -0.39 is 24.3 Å². The van der Waals surface area contributed by atoms with Crippen LogP contribution in [-0.4, -0.2) is 61.8 Å². The van der Waals surface area contributed by atoms with Crippen LogP contribution in [-0.2, 0) is 23.9 Å². The normalized spacial score (nSPS) is 9.76. The third kappa shape index (κ3) is 7.29. The highest BCUT2D eigenvalue weighted by atomic mass is 16.5. The molecule has 0 saturated carbocycles. The zero-order chi connectivity index (χ0) is 13.3. The van der Waals surface area contributed by atoms with Crippen LogP contribution in [0.1, 0.15) is 12.8 Å². The average Bonchev–Trinajstić information content (AvgIpc) is 2.27. The molecular formula is C10H17NO6. The maximum absolute atomic E-state index is 11.5. The van der Waals surface area contributed by atoms with Gasteiger partial charge in [-0.15, -0.1) is 0 Å². The van der Waals surface area contributed by atoms with Crippen molar-refractivity contribution < 1.29 is 29.0 Å². The molecule has 0 aliphatic rings. The second-order valence-corrected chi connectivity index (χ2v) is 3.27. The van der Waals surface area contributed by atoms with Crippen molar-refractivity contribution in [2.75, 3.05) is 33.9 Å². The van der Waals surface area contributed by atoms with Crippen LogP contribution in [0.25, 0.3) is 0 Å². The highest BCUT2D eigenvalue weighted by Crippen LogP contribution is 1.98. The van der Waals surface area contributed by atoms with Gasteiger partial charge in [0.2, 0.25) is 5.91 Å². The number of amides is 1. The standard InChI is InChI=1S/C10H17NO6/c1-16-6-5-11(4-3-10(15)17-2)8(12)7-9(13)14/h3-7H2,1-2H3,(H,13,14). The fourth-order valence-corrected chi connectivity index (χ4v) is 1.13. The Labute approximate surface area is 99.3 Å². The van der Waals surface area contributed by atoms with Crippen LogP contribution in [0.5, 0.6) is 0 Å². The number of hydrogen-bond donors (Lipinski definition) is 1. The molecule has 7 nitrogen and oxygen atoms in total. The number of hydrogen-bond acceptors (Lipinski definition) is 5. The van der Waals surface area contributed by atoms with E-state index in [-0.39, 0.29) is 26.1 Å². The first kappa shape index (κ1) is 15.4. The molecule has 17 heavy (non-hydrogen) atoms. The average molecular weight is 247 g/mol. The van der Waals surface area contributed by atoms with E-state index in [1.807, 2.05) is 0 Å². The van der Waals surface area contributed by atoms with Crippen LogP contribution in [0.15, 0.2) is 0 Å². The number of rotatable bonds is 8. The van der Waals surface area contributed by atoms with E-state index in [1.165, 1.54) is 19.1 Å². The fourth-order valence-electron chi connectivity index (χ4n) is 1.13. The van der Waals surface area contributed by atoms with Crippen LogP contribution in [0.3, 0.4) is 0 Å². The molecule has 0 rings (SSSR count). The first-order valence-electron chi connectivity index (χ1n) is 5.06. The van der Waals surface area contributed by atoms with Crippen molar-refractivity contribution in [3.05, 3.63) is 0 Å². The number of esters is 1. The Balaban J connectivity index is 4.25. The smallest absolute Gasteiger partial charge is 0.312 e. The van der Waals surface area contributed by atoms with Crippen molar-refractivity contribution in [2.24, 2.45) is 0 Å². The molecule has 0 unspecified atom stereocenters. The molecule has 0 aromatic heterocycles. The lowest BCUT2D eigenvalue weighted by Crippen LogP contribution is -2.36. The van der Waals surface area contributed by atoms with Crippen molar-refractivity contribution in [3.8, 4) is 0 Å². The molecule has 0 aliphatic carbocycles. The van der Waals surface area contributed by atoms with Gasteiger partial charge in [-0.1, -0.05) is 0 Å². The van der Waals surface area contributed by atoms with Crippen molar-refractivity contribution >= 4 is 17.8 Å². The summed E-state index contributed by atoms with van der Waals surface area (Å²) in [6.07, 6.45) is -0.559. The summed E-state index contributed by atoms with van der Waals surface area (Å²) in [5.41, 5.74) is 0. The first-order chi connectivity index (χ1) is 8.01. The number of carbonyl (C=O) groups is 3. The Bertz CT molecular complexity index is 278. The van der Waals surface area contributed by atoms with Gasteiger partial charge in [-0.05, 0) is 0 Å². The van der Waals surface area contributed by atoms with Gasteiger partial charge in [0, 0.05) is 20.2 Å². The van der Waals surface area contributed by atoms with Crippen molar-refractivity contribution in [2.45, 2.75) is 12.8 Å². The van der Waals surface area contributed by atoms with Gasteiger partial charge in [-0.2, -0.15) is 0 Å². The SMILES string of the molecule is COCCN(CCC(=O)OC)C(=O)CC(=O)O. The summed E-state index contributed by atoms with van der Waals surface area (Å²) < 4.78 is 9.24. The topological polar surface area (TPSA) is 93.1 Å².